The Balaban J connectivity index is 0.00000192. The van der Waals surface area contributed by atoms with Gasteiger partial charge >= 0.3 is 0 Å². The summed E-state index contributed by atoms with van der Waals surface area (Å²) in [7, 11) is 0. The van der Waals surface area contributed by atoms with E-state index in [4.69, 9.17) is 0 Å². The Bertz CT molecular complexity index is 466. The highest BCUT2D eigenvalue weighted by Gasteiger charge is 2.37. The van der Waals surface area contributed by atoms with E-state index in [1.165, 1.54) is 25.1 Å². The maximum atomic E-state index is 10.00. The number of piperidine rings is 1. The minimum absolute atomic E-state index is 0. The van der Waals surface area contributed by atoms with Crippen molar-refractivity contribution in [3.05, 3.63) is 35.9 Å². The van der Waals surface area contributed by atoms with Crippen molar-refractivity contribution in [2.45, 2.75) is 32.6 Å². The summed E-state index contributed by atoms with van der Waals surface area (Å²) in [5.74, 6) is 0. The predicted octanol–water partition coefficient (Wildman–Crippen LogP) is 2.73. The number of hydrogen-bond acceptors (Lipinski definition) is 3. The average molecular weight is 339 g/mol. The van der Waals surface area contributed by atoms with Gasteiger partial charge in [0.1, 0.15) is 0 Å². The molecule has 2 heterocycles. The minimum atomic E-state index is 0. The molecule has 0 aliphatic carbocycles. The van der Waals surface area contributed by atoms with Crippen molar-refractivity contribution in [2.24, 2.45) is 10.8 Å². The van der Waals surface area contributed by atoms with Gasteiger partial charge in [0.05, 0.1) is 0 Å². The number of aliphatic hydroxyl groups excluding tert-OH is 1. The van der Waals surface area contributed by atoms with Gasteiger partial charge in [0.15, 0.2) is 0 Å². The molecule has 0 spiro atoms. The molecule has 0 amide bonds. The summed E-state index contributed by atoms with van der Waals surface area (Å²) >= 11 is 0. The van der Waals surface area contributed by atoms with Crippen LogP contribution >= 0.6 is 12.4 Å². The lowest BCUT2D eigenvalue weighted by molar-refractivity contribution is 0.0308. The second-order valence-corrected chi connectivity index (χ2v) is 7.83. The lowest BCUT2D eigenvalue weighted by Gasteiger charge is -2.43. The van der Waals surface area contributed by atoms with Crippen molar-refractivity contribution in [1.82, 2.24) is 10.2 Å². The molecule has 23 heavy (non-hydrogen) atoms. The third kappa shape index (κ3) is 4.69. The number of likely N-dealkylation sites (tertiary alicyclic amines) is 1. The van der Waals surface area contributed by atoms with Gasteiger partial charge in [-0.3, -0.25) is 0 Å². The fraction of sp³-hybridized carbons (Fsp3) is 0.684. The summed E-state index contributed by atoms with van der Waals surface area (Å²) in [6, 6.07) is 10.6. The van der Waals surface area contributed by atoms with Crippen LogP contribution in [0.5, 0.6) is 0 Å². The summed E-state index contributed by atoms with van der Waals surface area (Å²) in [5.41, 5.74) is 1.89. The van der Waals surface area contributed by atoms with Gasteiger partial charge < -0.3 is 15.3 Å². The van der Waals surface area contributed by atoms with E-state index in [1.807, 2.05) is 0 Å². The highest BCUT2D eigenvalue weighted by atomic mass is 35.5. The van der Waals surface area contributed by atoms with Gasteiger partial charge in [-0.2, -0.15) is 0 Å². The average Bonchev–Trinajstić information content (AvgIpc) is 2.97. The first-order chi connectivity index (χ1) is 10.6. The minimum Gasteiger partial charge on any atom is -0.396 e. The zero-order chi connectivity index (χ0) is 15.5. The number of hydrogen-bond donors (Lipinski definition) is 2. The molecule has 0 radical (unpaired) electrons. The highest BCUT2D eigenvalue weighted by Crippen LogP contribution is 2.36. The van der Waals surface area contributed by atoms with Gasteiger partial charge in [0.25, 0.3) is 0 Å². The topological polar surface area (TPSA) is 35.5 Å². The van der Waals surface area contributed by atoms with Crippen molar-refractivity contribution in [2.75, 3.05) is 39.3 Å². The predicted molar refractivity (Wildman–Crippen MR) is 98.2 cm³/mol. The van der Waals surface area contributed by atoms with Gasteiger partial charge in [-0.25, -0.2) is 0 Å². The molecular formula is C19H31ClN2O. The van der Waals surface area contributed by atoms with E-state index < -0.39 is 0 Å². The number of benzene rings is 1. The van der Waals surface area contributed by atoms with Crippen LogP contribution < -0.4 is 5.32 Å². The third-order valence-corrected chi connectivity index (χ3v) is 5.74. The van der Waals surface area contributed by atoms with Gasteiger partial charge in [0, 0.05) is 19.7 Å². The Morgan fingerprint density at radius 2 is 1.83 bits per heavy atom. The van der Waals surface area contributed by atoms with Crippen LogP contribution in [0.1, 0.15) is 31.7 Å². The van der Waals surface area contributed by atoms with Crippen molar-refractivity contribution in [3.8, 4) is 0 Å². The molecule has 0 aromatic heterocycles. The van der Waals surface area contributed by atoms with Crippen LogP contribution in [-0.4, -0.2) is 49.3 Å². The molecule has 2 saturated heterocycles. The summed E-state index contributed by atoms with van der Waals surface area (Å²) in [4.78, 5) is 2.62. The van der Waals surface area contributed by atoms with Crippen LogP contribution in [0.4, 0.5) is 0 Å². The van der Waals surface area contributed by atoms with E-state index in [0.29, 0.717) is 12.0 Å². The zero-order valence-corrected chi connectivity index (χ0v) is 15.1. The molecule has 3 nitrogen and oxygen atoms in total. The maximum absolute atomic E-state index is 10.00. The third-order valence-electron chi connectivity index (χ3n) is 5.74. The standard InChI is InChI=1S/C19H30N2O.ClH/c1-18(7-10-20-14-18)15-21-11-8-19(16-22,9-12-21)13-17-5-3-2-4-6-17;/h2-6,20,22H,7-16H2,1H3;1H. The fourth-order valence-electron chi connectivity index (χ4n) is 4.15. The van der Waals surface area contributed by atoms with E-state index >= 15 is 0 Å². The number of nitrogens with zero attached hydrogens (tertiary/aromatic N) is 1. The zero-order valence-electron chi connectivity index (χ0n) is 14.3. The van der Waals surface area contributed by atoms with E-state index in [0.717, 1.165) is 38.9 Å². The quantitative estimate of drug-likeness (QED) is 0.866. The Morgan fingerprint density at radius 3 is 2.39 bits per heavy atom. The van der Waals surface area contributed by atoms with Gasteiger partial charge in [-0.05, 0) is 61.7 Å². The van der Waals surface area contributed by atoms with Gasteiger partial charge in [-0.15, -0.1) is 12.4 Å². The lowest BCUT2D eigenvalue weighted by Crippen LogP contribution is -2.47. The van der Waals surface area contributed by atoms with Crippen LogP contribution in [0.2, 0.25) is 0 Å². The van der Waals surface area contributed by atoms with Crippen LogP contribution in [0.15, 0.2) is 30.3 Å². The van der Waals surface area contributed by atoms with E-state index in [-0.39, 0.29) is 17.8 Å². The molecule has 2 aliphatic rings. The normalized spacial score (nSPS) is 27.6. The van der Waals surface area contributed by atoms with E-state index in [2.05, 4.69) is 47.5 Å². The summed E-state index contributed by atoms with van der Waals surface area (Å²) in [5, 5.41) is 13.5. The summed E-state index contributed by atoms with van der Waals surface area (Å²) in [6.07, 6.45) is 4.53. The van der Waals surface area contributed by atoms with E-state index in [1.54, 1.807) is 0 Å². The molecule has 1 atom stereocenters. The van der Waals surface area contributed by atoms with E-state index in [9.17, 15) is 5.11 Å². The van der Waals surface area contributed by atoms with Crippen molar-refractivity contribution in [1.29, 1.82) is 0 Å². The molecular weight excluding hydrogens is 308 g/mol. The van der Waals surface area contributed by atoms with Gasteiger partial charge in [-0.1, -0.05) is 37.3 Å². The first kappa shape index (κ1) is 18.7. The first-order valence-corrected chi connectivity index (χ1v) is 8.71. The van der Waals surface area contributed by atoms with Crippen LogP contribution in [0.3, 0.4) is 0 Å². The molecule has 0 bridgehead atoms. The SMILES string of the molecule is CC1(CN2CCC(CO)(Cc3ccccc3)CC2)CCNC1.Cl. The highest BCUT2D eigenvalue weighted by molar-refractivity contribution is 5.85. The molecule has 3 rings (SSSR count). The molecule has 1 unspecified atom stereocenters. The number of nitrogens with one attached hydrogen (secondary N) is 1. The van der Waals surface area contributed by atoms with Crippen LogP contribution in [0.25, 0.3) is 0 Å². The van der Waals surface area contributed by atoms with Crippen molar-refractivity contribution < 1.29 is 5.11 Å². The molecule has 4 heteroatoms. The lowest BCUT2D eigenvalue weighted by atomic mass is 9.74. The first-order valence-electron chi connectivity index (χ1n) is 8.71. The monoisotopic (exact) mass is 338 g/mol. The molecule has 130 valence electrons. The Labute approximate surface area is 146 Å². The van der Waals surface area contributed by atoms with Crippen LogP contribution in [-0.2, 0) is 6.42 Å². The maximum Gasteiger partial charge on any atom is 0.0491 e. The largest absolute Gasteiger partial charge is 0.396 e. The smallest absolute Gasteiger partial charge is 0.0491 e. The second kappa shape index (κ2) is 7.98. The second-order valence-electron chi connectivity index (χ2n) is 7.83. The fourth-order valence-corrected chi connectivity index (χ4v) is 4.15. The molecule has 2 N–H and O–H groups in total. The van der Waals surface area contributed by atoms with Gasteiger partial charge in [0.2, 0.25) is 0 Å². The summed E-state index contributed by atoms with van der Waals surface area (Å²) in [6.45, 7) is 8.50. The van der Waals surface area contributed by atoms with Crippen molar-refractivity contribution >= 4 is 12.4 Å². The number of aliphatic hydroxyl groups is 1. The Kier molecular flexibility index (Phi) is 6.49. The Hall–Kier alpha value is -0.610. The summed E-state index contributed by atoms with van der Waals surface area (Å²) < 4.78 is 0. The number of rotatable bonds is 5. The van der Waals surface area contributed by atoms with Crippen LogP contribution in [0, 0.1) is 10.8 Å². The Morgan fingerprint density at radius 1 is 1.13 bits per heavy atom. The molecule has 2 aliphatic heterocycles. The molecule has 0 saturated carbocycles. The molecule has 2 fully saturated rings. The van der Waals surface area contributed by atoms with Crippen molar-refractivity contribution in [3.63, 3.8) is 0 Å². The molecule has 1 aromatic rings. The number of halogens is 1. The molecule has 1 aromatic carbocycles.